The Morgan fingerprint density at radius 3 is 2.55 bits per heavy atom. The molecule has 4 aromatic rings. The predicted octanol–water partition coefficient (Wildman–Crippen LogP) is 4.65. The molecule has 0 aliphatic rings. The smallest absolute Gasteiger partial charge is 0.266 e. The van der Waals surface area contributed by atoms with Gasteiger partial charge in [0.15, 0.2) is 0 Å². The van der Waals surface area contributed by atoms with Gasteiger partial charge >= 0.3 is 0 Å². The molecule has 0 unspecified atom stereocenters. The normalized spacial score (nSPS) is 12.2. The topological polar surface area (TPSA) is 81.9 Å². The van der Waals surface area contributed by atoms with Crippen LogP contribution in [-0.4, -0.2) is 26.6 Å². The molecule has 0 aliphatic carbocycles. The Labute approximate surface area is 186 Å². The number of alkyl halides is 2. The van der Waals surface area contributed by atoms with Gasteiger partial charge in [-0.1, -0.05) is 18.2 Å². The number of benzene rings is 1. The van der Waals surface area contributed by atoms with E-state index in [9.17, 15) is 18.0 Å². The highest BCUT2D eigenvalue weighted by Crippen LogP contribution is 2.32. The number of rotatable bonds is 6. The maximum absolute atomic E-state index is 14.7. The van der Waals surface area contributed by atoms with Crippen LogP contribution in [0.5, 0.6) is 5.88 Å². The lowest BCUT2D eigenvalue weighted by Crippen LogP contribution is -2.21. The second-order valence-corrected chi connectivity index (χ2v) is 7.36. The lowest BCUT2D eigenvalue weighted by molar-refractivity contribution is 0.146. The summed E-state index contributed by atoms with van der Waals surface area (Å²) in [5.41, 5.74) is 0.230. The number of aryl methyl sites for hydroxylation is 1. The first-order valence-electron chi connectivity index (χ1n) is 10.0. The van der Waals surface area contributed by atoms with E-state index in [-0.39, 0.29) is 17.0 Å². The fourth-order valence-electron chi connectivity index (χ4n) is 3.69. The highest BCUT2D eigenvalue weighted by atomic mass is 19.3. The van der Waals surface area contributed by atoms with Crippen LogP contribution in [0.1, 0.15) is 30.5 Å². The van der Waals surface area contributed by atoms with Gasteiger partial charge in [0, 0.05) is 24.4 Å². The molecule has 0 saturated carbocycles. The number of nitrogens with zero attached hydrogens (tertiary/aromatic N) is 4. The van der Waals surface area contributed by atoms with E-state index in [4.69, 9.17) is 4.74 Å². The van der Waals surface area contributed by atoms with Crippen molar-refractivity contribution in [1.82, 2.24) is 19.5 Å². The zero-order valence-corrected chi connectivity index (χ0v) is 18.0. The molecule has 3 heterocycles. The van der Waals surface area contributed by atoms with Gasteiger partial charge in [-0.2, -0.15) is 0 Å². The summed E-state index contributed by atoms with van der Waals surface area (Å²) in [6.45, 7) is 1.63. The van der Waals surface area contributed by atoms with E-state index in [1.807, 2.05) is 0 Å². The van der Waals surface area contributed by atoms with E-state index in [0.717, 1.165) is 6.07 Å². The molecule has 33 heavy (non-hydrogen) atoms. The number of hydrogen-bond acceptors (Lipinski definition) is 6. The summed E-state index contributed by atoms with van der Waals surface area (Å²) in [4.78, 5) is 25.6. The first-order valence-corrected chi connectivity index (χ1v) is 10.0. The first kappa shape index (κ1) is 22.3. The fourth-order valence-corrected chi connectivity index (χ4v) is 3.69. The van der Waals surface area contributed by atoms with E-state index in [1.165, 1.54) is 30.1 Å². The molecule has 0 bridgehead atoms. The Balaban J connectivity index is 1.84. The minimum atomic E-state index is -2.93. The maximum atomic E-state index is 14.7. The number of hydrogen-bond donors (Lipinski definition) is 1. The van der Waals surface area contributed by atoms with Crippen molar-refractivity contribution in [2.75, 3.05) is 12.4 Å². The van der Waals surface area contributed by atoms with Crippen molar-refractivity contribution < 1.29 is 17.9 Å². The Hall–Kier alpha value is -3.95. The molecule has 1 aromatic carbocycles. The molecular formula is C23H20F3N5O2. The van der Waals surface area contributed by atoms with Crippen LogP contribution in [-0.2, 0) is 7.05 Å². The fraction of sp³-hybridized carbons (Fsp3) is 0.217. The molecule has 0 aliphatic heterocycles. The molecule has 0 saturated heterocycles. The van der Waals surface area contributed by atoms with E-state index in [0.29, 0.717) is 28.0 Å². The van der Waals surface area contributed by atoms with Crippen molar-refractivity contribution in [2.45, 2.75) is 19.4 Å². The van der Waals surface area contributed by atoms with Gasteiger partial charge in [-0.15, -0.1) is 0 Å². The predicted molar refractivity (Wildman–Crippen MR) is 118 cm³/mol. The molecule has 1 atom stereocenters. The van der Waals surface area contributed by atoms with Crippen LogP contribution in [0.2, 0.25) is 0 Å². The van der Waals surface area contributed by atoms with Gasteiger partial charge in [0.05, 0.1) is 29.7 Å². The SMILES string of the molecule is COc1ncccc1-c1cc2c(N[C@H](C)c3cccc(C(F)F)c3F)ncnc2n(C)c1=O. The summed E-state index contributed by atoms with van der Waals surface area (Å²) in [6, 6.07) is 8.17. The van der Waals surface area contributed by atoms with Crippen LogP contribution in [0.25, 0.3) is 22.2 Å². The number of halogens is 3. The van der Waals surface area contributed by atoms with Crippen molar-refractivity contribution in [2.24, 2.45) is 7.05 Å². The van der Waals surface area contributed by atoms with E-state index >= 15 is 0 Å². The quantitative estimate of drug-likeness (QED) is 0.456. The van der Waals surface area contributed by atoms with Crippen LogP contribution in [0, 0.1) is 5.82 Å². The Morgan fingerprint density at radius 2 is 1.82 bits per heavy atom. The summed E-state index contributed by atoms with van der Waals surface area (Å²) in [5.74, 6) is -0.382. The van der Waals surface area contributed by atoms with Crippen LogP contribution in [0.4, 0.5) is 19.0 Å². The van der Waals surface area contributed by atoms with Gasteiger partial charge in [0.2, 0.25) is 5.88 Å². The average molecular weight is 455 g/mol. The third-order valence-corrected chi connectivity index (χ3v) is 5.37. The molecular weight excluding hydrogens is 435 g/mol. The molecule has 0 radical (unpaired) electrons. The largest absolute Gasteiger partial charge is 0.481 e. The van der Waals surface area contributed by atoms with E-state index in [1.54, 1.807) is 38.4 Å². The summed E-state index contributed by atoms with van der Waals surface area (Å²) in [7, 11) is 3.03. The molecule has 1 N–H and O–H groups in total. The molecule has 0 fully saturated rings. The number of aromatic nitrogens is 4. The summed E-state index contributed by atoms with van der Waals surface area (Å²) >= 11 is 0. The Morgan fingerprint density at radius 1 is 1.06 bits per heavy atom. The number of nitrogens with one attached hydrogen (secondary N) is 1. The summed E-state index contributed by atoms with van der Waals surface area (Å²) in [6.07, 6.45) is -0.107. The number of methoxy groups -OCH3 is 1. The minimum absolute atomic E-state index is 0.0681. The first-order chi connectivity index (χ1) is 15.8. The number of pyridine rings is 2. The molecule has 4 rings (SSSR count). The molecule has 0 amide bonds. The number of anilines is 1. The lowest BCUT2D eigenvalue weighted by Gasteiger charge is -2.19. The monoisotopic (exact) mass is 455 g/mol. The van der Waals surface area contributed by atoms with Crippen molar-refractivity contribution in [1.29, 1.82) is 0 Å². The second-order valence-electron chi connectivity index (χ2n) is 7.36. The molecule has 3 aromatic heterocycles. The van der Waals surface area contributed by atoms with Gasteiger partial charge in [-0.3, -0.25) is 9.36 Å². The van der Waals surface area contributed by atoms with Gasteiger partial charge in [-0.05, 0) is 25.1 Å². The summed E-state index contributed by atoms with van der Waals surface area (Å²) in [5, 5.41) is 3.55. The van der Waals surface area contributed by atoms with Gasteiger partial charge in [0.1, 0.15) is 23.6 Å². The number of fused-ring (bicyclic) bond motifs is 1. The number of ether oxygens (including phenoxy) is 1. The van der Waals surface area contributed by atoms with Crippen LogP contribution in [0.3, 0.4) is 0 Å². The van der Waals surface area contributed by atoms with Gasteiger partial charge in [-0.25, -0.2) is 28.1 Å². The zero-order chi connectivity index (χ0) is 23.7. The van der Waals surface area contributed by atoms with Gasteiger partial charge < -0.3 is 10.1 Å². The maximum Gasteiger partial charge on any atom is 0.266 e. The molecule has 7 nitrogen and oxygen atoms in total. The highest BCUT2D eigenvalue weighted by molar-refractivity contribution is 5.90. The second kappa shape index (κ2) is 8.89. The van der Waals surface area contributed by atoms with Crippen molar-refractivity contribution in [3.05, 3.63) is 76.2 Å². The van der Waals surface area contributed by atoms with Crippen molar-refractivity contribution >= 4 is 16.9 Å². The minimum Gasteiger partial charge on any atom is -0.481 e. The zero-order valence-electron chi connectivity index (χ0n) is 18.0. The molecule has 0 spiro atoms. The van der Waals surface area contributed by atoms with Crippen LogP contribution >= 0.6 is 0 Å². The Kier molecular flexibility index (Phi) is 5.99. The molecule has 170 valence electrons. The van der Waals surface area contributed by atoms with E-state index in [2.05, 4.69) is 20.3 Å². The third kappa shape index (κ3) is 3.99. The van der Waals surface area contributed by atoms with E-state index < -0.39 is 23.8 Å². The van der Waals surface area contributed by atoms with Crippen molar-refractivity contribution in [3.63, 3.8) is 0 Å². The van der Waals surface area contributed by atoms with Crippen molar-refractivity contribution in [3.8, 4) is 17.0 Å². The standard InChI is InChI=1S/C23H20F3N5O2/c1-12(13-6-4-7-15(18(13)24)19(25)26)30-20-17-10-16(14-8-5-9-27-22(14)33-3)23(32)31(2)21(17)29-11-28-20/h4-12,19H,1-3H3,(H,28,29,30)/t12-/m1/s1. The Bertz CT molecular complexity index is 1390. The van der Waals surface area contributed by atoms with Crippen LogP contribution in [0.15, 0.2) is 53.7 Å². The third-order valence-electron chi connectivity index (χ3n) is 5.37. The average Bonchev–Trinajstić information content (AvgIpc) is 2.81. The highest BCUT2D eigenvalue weighted by Gasteiger charge is 2.21. The van der Waals surface area contributed by atoms with Gasteiger partial charge in [0.25, 0.3) is 12.0 Å². The molecule has 10 heteroatoms. The lowest BCUT2D eigenvalue weighted by atomic mass is 10.0. The van der Waals surface area contributed by atoms with Crippen LogP contribution < -0.4 is 15.6 Å². The summed E-state index contributed by atoms with van der Waals surface area (Å²) < 4.78 is 47.6.